The number of methoxy groups -OCH3 is 1. The molecule has 0 fully saturated rings. The Labute approximate surface area is 105 Å². The molecule has 0 radical (unpaired) electrons. The van der Waals surface area contributed by atoms with E-state index >= 15 is 0 Å². The Balaban J connectivity index is 3.25. The smallest absolute Gasteiger partial charge is 0.310 e. The highest BCUT2D eigenvalue weighted by Crippen LogP contribution is 2.25. The van der Waals surface area contributed by atoms with Gasteiger partial charge in [0.1, 0.15) is 11.8 Å². The maximum Gasteiger partial charge on any atom is 0.310 e. The molecule has 94 valence electrons. The monoisotopic (exact) mass is 247 g/mol. The Morgan fingerprint density at radius 1 is 1.50 bits per heavy atom. The van der Waals surface area contributed by atoms with Crippen molar-refractivity contribution in [2.45, 2.75) is 13.3 Å². The van der Waals surface area contributed by atoms with Gasteiger partial charge in [-0.25, -0.2) is 0 Å². The summed E-state index contributed by atoms with van der Waals surface area (Å²) in [4.78, 5) is 22.3. The average molecular weight is 247 g/mol. The van der Waals surface area contributed by atoms with Gasteiger partial charge in [0.25, 0.3) is 0 Å². The number of esters is 1. The number of rotatable bonds is 5. The van der Waals surface area contributed by atoms with E-state index in [1.807, 2.05) is 6.07 Å². The van der Waals surface area contributed by atoms with Crippen LogP contribution in [-0.2, 0) is 16.0 Å². The molecule has 0 saturated heterocycles. The van der Waals surface area contributed by atoms with Gasteiger partial charge in [-0.15, -0.1) is 0 Å². The van der Waals surface area contributed by atoms with Gasteiger partial charge in [0.05, 0.1) is 25.7 Å². The normalized spacial score (nSPS) is 9.39. The number of benzene rings is 1. The van der Waals surface area contributed by atoms with Crippen LogP contribution in [0.2, 0.25) is 0 Å². The molecule has 0 heterocycles. The fourth-order valence-electron chi connectivity index (χ4n) is 1.60. The van der Waals surface area contributed by atoms with Crippen LogP contribution in [0.4, 0.5) is 0 Å². The fraction of sp³-hybridized carbons (Fsp3) is 0.308. The number of hydrogen-bond acceptors (Lipinski definition) is 5. The summed E-state index contributed by atoms with van der Waals surface area (Å²) >= 11 is 0. The van der Waals surface area contributed by atoms with Crippen LogP contribution in [0.25, 0.3) is 0 Å². The summed E-state index contributed by atoms with van der Waals surface area (Å²) in [5.41, 5.74) is 0.762. The minimum atomic E-state index is -0.463. The Kier molecular flexibility index (Phi) is 4.88. The van der Waals surface area contributed by atoms with Crippen molar-refractivity contribution in [1.29, 1.82) is 5.26 Å². The van der Waals surface area contributed by atoms with Crippen LogP contribution in [0.1, 0.15) is 28.4 Å². The van der Waals surface area contributed by atoms with E-state index in [1.54, 1.807) is 13.0 Å². The molecule has 0 bridgehead atoms. The topological polar surface area (TPSA) is 76.4 Å². The third kappa shape index (κ3) is 2.86. The van der Waals surface area contributed by atoms with Crippen molar-refractivity contribution in [3.63, 3.8) is 0 Å². The van der Waals surface area contributed by atoms with Crippen LogP contribution in [0.15, 0.2) is 12.1 Å². The van der Waals surface area contributed by atoms with Gasteiger partial charge in [0.2, 0.25) is 0 Å². The zero-order valence-electron chi connectivity index (χ0n) is 10.2. The van der Waals surface area contributed by atoms with Crippen molar-refractivity contribution < 1.29 is 19.1 Å². The standard InChI is InChI=1S/C13H13NO4/c1-3-18-13(16)6-10-11(7-14)9(8-15)4-5-12(10)17-2/h4-5,8H,3,6H2,1-2H3. The molecule has 5 nitrogen and oxygen atoms in total. The van der Waals surface area contributed by atoms with Gasteiger partial charge in [-0.05, 0) is 19.1 Å². The predicted octanol–water partition coefficient (Wildman–Crippen LogP) is 1.48. The third-order valence-electron chi connectivity index (χ3n) is 2.39. The average Bonchev–Trinajstić information content (AvgIpc) is 2.38. The van der Waals surface area contributed by atoms with Crippen molar-refractivity contribution in [3.05, 3.63) is 28.8 Å². The summed E-state index contributed by atoms with van der Waals surface area (Å²) in [6.45, 7) is 1.96. The van der Waals surface area contributed by atoms with E-state index < -0.39 is 5.97 Å². The molecule has 0 aromatic heterocycles. The van der Waals surface area contributed by atoms with Gasteiger partial charge < -0.3 is 9.47 Å². The highest BCUT2D eigenvalue weighted by molar-refractivity contribution is 5.83. The second-order valence-electron chi connectivity index (χ2n) is 3.42. The van der Waals surface area contributed by atoms with Crippen LogP contribution < -0.4 is 4.74 Å². The zero-order valence-corrected chi connectivity index (χ0v) is 10.2. The second kappa shape index (κ2) is 6.40. The lowest BCUT2D eigenvalue weighted by molar-refractivity contribution is -0.142. The summed E-state index contributed by atoms with van der Waals surface area (Å²) < 4.78 is 9.92. The summed E-state index contributed by atoms with van der Waals surface area (Å²) in [6.07, 6.45) is 0.480. The molecule has 0 saturated carbocycles. The van der Waals surface area contributed by atoms with Crippen LogP contribution in [0.3, 0.4) is 0 Å². The van der Waals surface area contributed by atoms with Gasteiger partial charge in [-0.3, -0.25) is 9.59 Å². The molecule has 0 spiro atoms. The molecule has 0 amide bonds. The predicted molar refractivity (Wildman–Crippen MR) is 63.4 cm³/mol. The Morgan fingerprint density at radius 3 is 2.72 bits per heavy atom. The molecule has 0 N–H and O–H groups in total. The molecule has 1 rings (SSSR count). The molecule has 0 aliphatic rings. The first-order valence-electron chi connectivity index (χ1n) is 5.38. The van der Waals surface area contributed by atoms with Gasteiger partial charge >= 0.3 is 5.97 Å². The number of carbonyl (C=O) groups excluding carboxylic acids is 2. The van der Waals surface area contributed by atoms with Crippen molar-refractivity contribution in [2.75, 3.05) is 13.7 Å². The Morgan fingerprint density at radius 2 is 2.22 bits per heavy atom. The van der Waals surface area contributed by atoms with E-state index in [0.29, 0.717) is 17.6 Å². The third-order valence-corrected chi connectivity index (χ3v) is 2.39. The van der Waals surface area contributed by atoms with Gasteiger partial charge in [-0.1, -0.05) is 0 Å². The zero-order chi connectivity index (χ0) is 13.5. The number of aldehydes is 1. The molecular formula is C13H13NO4. The largest absolute Gasteiger partial charge is 0.496 e. The first kappa shape index (κ1) is 13.7. The molecule has 0 aliphatic heterocycles. The van der Waals surface area contributed by atoms with E-state index in [9.17, 15) is 9.59 Å². The van der Waals surface area contributed by atoms with Crippen LogP contribution in [0, 0.1) is 11.3 Å². The van der Waals surface area contributed by atoms with E-state index in [2.05, 4.69) is 0 Å². The van der Waals surface area contributed by atoms with Gasteiger partial charge in [-0.2, -0.15) is 5.26 Å². The number of carbonyl (C=O) groups is 2. The second-order valence-corrected chi connectivity index (χ2v) is 3.42. The van der Waals surface area contributed by atoms with Crippen LogP contribution in [-0.4, -0.2) is 26.0 Å². The van der Waals surface area contributed by atoms with Crippen LogP contribution in [0.5, 0.6) is 5.75 Å². The van der Waals surface area contributed by atoms with Crippen molar-refractivity contribution in [2.24, 2.45) is 0 Å². The Hall–Kier alpha value is -2.35. The van der Waals surface area contributed by atoms with Crippen LogP contribution >= 0.6 is 0 Å². The molecule has 5 heteroatoms. The maximum absolute atomic E-state index is 11.5. The number of hydrogen-bond donors (Lipinski definition) is 0. The first-order chi connectivity index (χ1) is 8.67. The first-order valence-corrected chi connectivity index (χ1v) is 5.38. The molecule has 0 unspecified atom stereocenters. The lowest BCUT2D eigenvalue weighted by Crippen LogP contribution is -2.11. The van der Waals surface area contributed by atoms with Gasteiger partial charge in [0, 0.05) is 11.1 Å². The van der Waals surface area contributed by atoms with E-state index in [4.69, 9.17) is 14.7 Å². The van der Waals surface area contributed by atoms with E-state index in [-0.39, 0.29) is 24.2 Å². The number of nitrogens with zero attached hydrogens (tertiary/aromatic N) is 1. The summed E-state index contributed by atoms with van der Waals surface area (Å²) in [5.74, 6) is -0.0689. The van der Waals surface area contributed by atoms with E-state index in [0.717, 1.165) is 0 Å². The molecule has 1 aromatic carbocycles. The van der Waals surface area contributed by atoms with Crippen molar-refractivity contribution in [1.82, 2.24) is 0 Å². The molecule has 0 aliphatic carbocycles. The summed E-state index contributed by atoms with van der Waals surface area (Å²) in [6, 6.07) is 4.96. The SMILES string of the molecule is CCOC(=O)Cc1c(OC)ccc(C=O)c1C#N. The quantitative estimate of drug-likeness (QED) is 0.582. The highest BCUT2D eigenvalue weighted by atomic mass is 16.5. The van der Waals surface area contributed by atoms with Crippen molar-refractivity contribution in [3.8, 4) is 11.8 Å². The number of ether oxygens (including phenoxy) is 2. The van der Waals surface area contributed by atoms with Crippen molar-refractivity contribution >= 4 is 12.3 Å². The molecular weight excluding hydrogens is 234 g/mol. The maximum atomic E-state index is 11.5. The van der Waals surface area contributed by atoms with Gasteiger partial charge in [0.15, 0.2) is 6.29 Å². The lowest BCUT2D eigenvalue weighted by Gasteiger charge is -2.11. The number of nitriles is 1. The molecule has 0 atom stereocenters. The Bertz CT molecular complexity index is 502. The highest BCUT2D eigenvalue weighted by Gasteiger charge is 2.17. The lowest BCUT2D eigenvalue weighted by atomic mass is 9.99. The summed E-state index contributed by atoms with van der Waals surface area (Å²) in [5, 5.41) is 9.08. The fourth-order valence-corrected chi connectivity index (χ4v) is 1.60. The molecule has 18 heavy (non-hydrogen) atoms. The minimum Gasteiger partial charge on any atom is -0.496 e. The molecule has 1 aromatic rings. The minimum absolute atomic E-state index is 0.0956. The summed E-state index contributed by atoms with van der Waals surface area (Å²) in [7, 11) is 1.44. The van der Waals surface area contributed by atoms with E-state index in [1.165, 1.54) is 13.2 Å².